The normalized spacial score (nSPS) is 12.1. The highest BCUT2D eigenvalue weighted by Gasteiger charge is 2.17. The largest absolute Gasteiger partial charge is 0.492 e. The van der Waals surface area contributed by atoms with Crippen LogP contribution in [0.15, 0.2) is 48.8 Å². The molecule has 188 valence electrons. The van der Waals surface area contributed by atoms with E-state index < -0.39 is 0 Å². The van der Waals surface area contributed by atoms with Gasteiger partial charge in [0, 0.05) is 36.5 Å². The van der Waals surface area contributed by atoms with Gasteiger partial charge in [-0.15, -0.1) is 0 Å². The third-order valence-corrected chi connectivity index (χ3v) is 6.73. The Labute approximate surface area is 216 Å². The van der Waals surface area contributed by atoms with Crippen molar-refractivity contribution in [1.82, 2.24) is 29.4 Å². The third kappa shape index (κ3) is 6.16. The fourth-order valence-corrected chi connectivity index (χ4v) is 4.47. The van der Waals surface area contributed by atoms with Crippen LogP contribution in [0, 0.1) is 13.8 Å². The number of amides is 1. The van der Waals surface area contributed by atoms with E-state index in [1.54, 1.807) is 4.68 Å². The average molecular weight is 505 g/mol. The first kappa shape index (κ1) is 25.5. The van der Waals surface area contributed by atoms with Crippen molar-refractivity contribution in [1.29, 1.82) is 0 Å². The van der Waals surface area contributed by atoms with Gasteiger partial charge in [0.25, 0.3) is 5.91 Å². The minimum absolute atomic E-state index is 0.141. The maximum atomic E-state index is 13.3. The van der Waals surface area contributed by atoms with Gasteiger partial charge >= 0.3 is 0 Å². The molecule has 0 saturated heterocycles. The van der Waals surface area contributed by atoms with Crippen LogP contribution in [0.3, 0.4) is 0 Å². The Kier molecular flexibility index (Phi) is 7.81. The Morgan fingerprint density at radius 1 is 1.14 bits per heavy atom. The second-order valence-corrected chi connectivity index (χ2v) is 9.97. The number of carbonyl (C=O) groups is 1. The van der Waals surface area contributed by atoms with Crippen molar-refractivity contribution in [2.24, 2.45) is 7.05 Å². The Morgan fingerprint density at radius 3 is 2.58 bits per heavy atom. The summed E-state index contributed by atoms with van der Waals surface area (Å²) in [4.78, 5) is 19.9. The van der Waals surface area contributed by atoms with Crippen LogP contribution in [0.5, 0.6) is 5.75 Å². The molecular formula is C27H32N6O2S. The van der Waals surface area contributed by atoms with Crippen molar-refractivity contribution in [3.05, 3.63) is 71.3 Å². The van der Waals surface area contributed by atoms with Gasteiger partial charge in [-0.3, -0.25) is 9.48 Å². The first-order chi connectivity index (χ1) is 17.2. The van der Waals surface area contributed by atoms with E-state index in [2.05, 4.69) is 42.9 Å². The van der Waals surface area contributed by atoms with E-state index >= 15 is 0 Å². The maximum absolute atomic E-state index is 13.3. The van der Waals surface area contributed by atoms with E-state index in [9.17, 15) is 4.79 Å². The summed E-state index contributed by atoms with van der Waals surface area (Å²) in [6, 6.07) is 11.6. The molecule has 0 unspecified atom stereocenters. The lowest BCUT2D eigenvalue weighted by Crippen LogP contribution is -2.27. The molecule has 2 aromatic heterocycles. The fraction of sp³-hybridized carbons (Fsp3) is 0.333. The Balaban J connectivity index is 1.60. The van der Waals surface area contributed by atoms with E-state index in [0.717, 1.165) is 45.2 Å². The Morgan fingerprint density at radius 2 is 1.92 bits per heavy atom. The fourth-order valence-electron chi connectivity index (χ4n) is 3.82. The lowest BCUT2D eigenvalue weighted by atomic mass is 9.98. The molecule has 4 aromatic rings. The number of nitrogens with zero attached hydrogens (tertiary/aromatic N) is 5. The van der Waals surface area contributed by atoms with Crippen LogP contribution in [0.4, 0.5) is 0 Å². The molecule has 2 aromatic carbocycles. The highest BCUT2D eigenvalue weighted by molar-refractivity contribution is 7.09. The van der Waals surface area contributed by atoms with Gasteiger partial charge in [0.05, 0.1) is 12.2 Å². The average Bonchev–Trinajstić information content (AvgIpc) is 3.47. The topological polar surface area (TPSA) is 85.2 Å². The molecular weight excluding hydrogens is 472 g/mol. The molecule has 0 aliphatic rings. The molecule has 8 nitrogen and oxygen atoms in total. The molecule has 0 radical (unpaired) electrons. The van der Waals surface area contributed by atoms with Crippen LogP contribution in [0.2, 0.25) is 0 Å². The maximum Gasteiger partial charge on any atom is 0.252 e. The van der Waals surface area contributed by atoms with Crippen molar-refractivity contribution in [2.45, 2.75) is 26.8 Å². The van der Waals surface area contributed by atoms with Crippen molar-refractivity contribution in [3.8, 4) is 27.4 Å². The van der Waals surface area contributed by atoms with Gasteiger partial charge in [0.1, 0.15) is 23.2 Å². The van der Waals surface area contributed by atoms with Crippen molar-refractivity contribution in [3.63, 3.8) is 0 Å². The number of aryl methyl sites for hydroxylation is 3. The van der Waals surface area contributed by atoms with Gasteiger partial charge in [-0.1, -0.05) is 6.07 Å². The molecule has 0 saturated carbocycles. The number of hydrogen-bond donors (Lipinski definition) is 1. The molecule has 9 heteroatoms. The molecule has 2 heterocycles. The number of nitrogens with one attached hydrogen (secondary N) is 1. The van der Waals surface area contributed by atoms with Gasteiger partial charge in [0.2, 0.25) is 0 Å². The number of likely N-dealkylation sites (N-methyl/N-ethyl adjacent to an activating group) is 1. The SMILES string of the molecule is Cc1nsc(-c2cc(-c3cnn(C)c3)cc([C@@H](C)NC(=O)c3cc(OCCN(C)C)ccc3C)c2)n1. The number of rotatable bonds is 9. The highest BCUT2D eigenvalue weighted by Crippen LogP contribution is 2.31. The molecule has 0 spiro atoms. The van der Waals surface area contributed by atoms with Crippen molar-refractivity contribution in [2.75, 3.05) is 27.2 Å². The highest BCUT2D eigenvalue weighted by atomic mass is 32.1. The molecule has 1 amide bonds. The molecule has 0 aliphatic heterocycles. The zero-order chi connectivity index (χ0) is 25.8. The van der Waals surface area contributed by atoms with Gasteiger partial charge < -0.3 is 15.0 Å². The van der Waals surface area contributed by atoms with Crippen molar-refractivity contribution >= 4 is 17.4 Å². The molecule has 1 atom stereocenters. The van der Waals surface area contributed by atoms with Crippen LogP contribution >= 0.6 is 11.5 Å². The van der Waals surface area contributed by atoms with Gasteiger partial charge in [0.15, 0.2) is 0 Å². The summed E-state index contributed by atoms with van der Waals surface area (Å²) in [6.45, 7) is 7.17. The van der Waals surface area contributed by atoms with E-state index in [-0.39, 0.29) is 11.9 Å². The zero-order valence-corrected chi connectivity index (χ0v) is 22.4. The minimum Gasteiger partial charge on any atom is -0.492 e. The monoisotopic (exact) mass is 504 g/mol. The van der Waals surface area contributed by atoms with Gasteiger partial charge in [-0.2, -0.15) is 9.47 Å². The summed E-state index contributed by atoms with van der Waals surface area (Å²) in [5.41, 5.74) is 5.45. The van der Waals surface area contributed by atoms with E-state index in [1.807, 2.05) is 72.5 Å². The van der Waals surface area contributed by atoms with Crippen molar-refractivity contribution < 1.29 is 9.53 Å². The number of aromatic nitrogens is 4. The van der Waals surface area contributed by atoms with E-state index in [4.69, 9.17) is 4.74 Å². The second-order valence-electron chi connectivity index (χ2n) is 9.22. The molecule has 0 fully saturated rings. The van der Waals surface area contributed by atoms with Crippen LogP contribution < -0.4 is 10.1 Å². The summed E-state index contributed by atoms with van der Waals surface area (Å²) in [7, 11) is 5.89. The van der Waals surface area contributed by atoms with E-state index in [0.29, 0.717) is 17.9 Å². The Hall–Kier alpha value is -3.56. The van der Waals surface area contributed by atoms with Gasteiger partial charge in [-0.05, 0) is 93.4 Å². The smallest absolute Gasteiger partial charge is 0.252 e. The second kappa shape index (κ2) is 11.0. The molecule has 0 aliphatic carbocycles. The third-order valence-electron chi connectivity index (χ3n) is 5.88. The zero-order valence-electron chi connectivity index (χ0n) is 21.6. The summed E-state index contributed by atoms with van der Waals surface area (Å²) >= 11 is 1.37. The summed E-state index contributed by atoms with van der Waals surface area (Å²) < 4.78 is 12.0. The van der Waals surface area contributed by atoms with Gasteiger partial charge in [-0.25, -0.2) is 4.98 Å². The summed E-state index contributed by atoms with van der Waals surface area (Å²) in [5, 5.41) is 8.33. The van der Waals surface area contributed by atoms with E-state index in [1.165, 1.54) is 11.5 Å². The van der Waals surface area contributed by atoms with Crippen LogP contribution in [0.25, 0.3) is 21.7 Å². The Bertz CT molecular complexity index is 1300. The molecule has 36 heavy (non-hydrogen) atoms. The van der Waals surface area contributed by atoms with Crippen LogP contribution in [-0.4, -0.2) is 57.2 Å². The lowest BCUT2D eigenvalue weighted by Gasteiger charge is -2.18. The number of ether oxygens (including phenoxy) is 1. The predicted octanol–water partition coefficient (Wildman–Crippen LogP) is 4.65. The minimum atomic E-state index is -0.236. The standard InChI is InChI=1S/C27H32N6O2S/c1-17-7-8-24(35-10-9-32(4)5)14-25(17)26(34)29-18(2)20-11-21(23-15-28-33(6)16-23)13-22(12-20)27-30-19(3)31-36-27/h7-8,11-16,18H,9-10H2,1-6H3,(H,29,34)/t18-/m1/s1. The summed E-state index contributed by atoms with van der Waals surface area (Å²) in [6.07, 6.45) is 3.81. The van der Waals surface area contributed by atoms with Crippen LogP contribution in [0.1, 0.15) is 40.3 Å². The summed E-state index contributed by atoms with van der Waals surface area (Å²) in [5.74, 6) is 1.29. The van der Waals surface area contributed by atoms with Crippen LogP contribution in [-0.2, 0) is 7.05 Å². The molecule has 0 bridgehead atoms. The number of benzene rings is 2. The molecule has 1 N–H and O–H groups in total. The first-order valence-electron chi connectivity index (χ1n) is 11.8. The number of hydrogen-bond acceptors (Lipinski definition) is 7. The molecule has 4 rings (SSSR count). The quantitative estimate of drug-likeness (QED) is 0.357. The number of carbonyl (C=O) groups excluding carboxylic acids is 1. The predicted molar refractivity (Wildman–Crippen MR) is 143 cm³/mol. The first-order valence-corrected chi connectivity index (χ1v) is 12.6. The lowest BCUT2D eigenvalue weighted by molar-refractivity contribution is 0.0938.